The third-order valence-electron chi connectivity index (χ3n) is 6.23. The summed E-state index contributed by atoms with van der Waals surface area (Å²) in [6, 6.07) is 31.0. The van der Waals surface area contributed by atoms with E-state index in [4.69, 9.17) is 19.9 Å². The van der Waals surface area contributed by atoms with Crippen molar-refractivity contribution in [2.45, 2.75) is 39.1 Å². The minimum Gasteiger partial charge on any atom is -0.485 e. The van der Waals surface area contributed by atoms with Crippen molar-refractivity contribution in [3.63, 3.8) is 0 Å². The van der Waals surface area contributed by atoms with Gasteiger partial charge in [0.1, 0.15) is 19.3 Å². The lowest BCUT2D eigenvalue weighted by molar-refractivity contribution is -0.145. The number of hydrogen-bond acceptors (Lipinski definition) is 6. The summed E-state index contributed by atoms with van der Waals surface area (Å²) in [5.41, 5.74) is 10.1. The first kappa shape index (κ1) is 29.0. The molecule has 0 unspecified atom stereocenters. The fraction of sp³-hybridized carbons (Fsp3) is 0.212. The van der Waals surface area contributed by atoms with Crippen LogP contribution in [0.15, 0.2) is 103 Å². The Hall–Kier alpha value is -4.98. The van der Waals surface area contributed by atoms with Crippen molar-refractivity contribution in [2.75, 3.05) is 12.3 Å². The molecule has 0 heterocycles. The van der Waals surface area contributed by atoms with Gasteiger partial charge < -0.3 is 30.6 Å². The number of urea groups is 1. The molecule has 212 valence electrons. The molecule has 0 radical (unpaired) electrons. The number of carbonyl (C=O) groups is 2. The van der Waals surface area contributed by atoms with Crippen molar-refractivity contribution in [3.8, 4) is 11.5 Å². The number of amides is 2. The molecule has 0 aliphatic heterocycles. The molecule has 0 bridgehead atoms. The number of ether oxygens (including phenoxy) is 3. The number of rotatable bonds is 13. The quantitative estimate of drug-likeness (QED) is 0.151. The summed E-state index contributed by atoms with van der Waals surface area (Å²) in [5, 5.41) is 5.53. The molecule has 0 saturated heterocycles. The van der Waals surface area contributed by atoms with E-state index in [9.17, 15) is 9.59 Å². The number of anilines is 1. The van der Waals surface area contributed by atoms with E-state index in [-0.39, 0.29) is 19.6 Å². The molecule has 0 saturated carbocycles. The van der Waals surface area contributed by atoms with Crippen LogP contribution in [0.4, 0.5) is 10.5 Å². The summed E-state index contributed by atoms with van der Waals surface area (Å²) in [6.07, 6.45) is 0.203. The van der Waals surface area contributed by atoms with E-state index < -0.39 is 18.0 Å². The van der Waals surface area contributed by atoms with Crippen LogP contribution >= 0.6 is 0 Å². The Labute approximate surface area is 240 Å². The number of nitrogen functional groups attached to an aromatic ring is 1. The zero-order valence-electron chi connectivity index (χ0n) is 23.0. The Morgan fingerprint density at radius 1 is 0.732 bits per heavy atom. The predicted molar refractivity (Wildman–Crippen MR) is 158 cm³/mol. The van der Waals surface area contributed by atoms with Gasteiger partial charge in [0.05, 0.1) is 6.61 Å². The fourth-order valence-electron chi connectivity index (χ4n) is 4.08. The number of nitrogens with two attached hydrogens (primary N) is 1. The van der Waals surface area contributed by atoms with E-state index >= 15 is 0 Å². The number of esters is 1. The highest BCUT2D eigenvalue weighted by molar-refractivity contribution is 5.83. The summed E-state index contributed by atoms with van der Waals surface area (Å²) < 4.78 is 17.5. The zero-order chi connectivity index (χ0) is 28.9. The first-order valence-electron chi connectivity index (χ1n) is 13.5. The maximum absolute atomic E-state index is 12.8. The van der Waals surface area contributed by atoms with Crippen molar-refractivity contribution in [3.05, 3.63) is 125 Å². The van der Waals surface area contributed by atoms with Crippen LogP contribution in [-0.2, 0) is 35.7 Å². The SMILES string of the molecule is CCOC(=O)[C@H](Cc1ccc(OCc2ccccc2)c(OCc2ccccc2)c1)NC(=O)NCc1ccc(N)cc1. The molecule has 0 aliphatic rings. The molecule has 4 aromatic rings. The topological polar surface area (TPSA) is 112 Å². The lowest BCUT2D eigenvalue weighted by atomic mass is 10.1. The van der Waals surface area contributed by atoms with Crippen LogP contribution in [0, 0.1) is 0 Å². The van der Waals surface area contributed by atoms with E-state index in [1.165, 1.54) is 0 Å². The predicted octanol–water partition coefficient (Wildman–Crippen LogP) is 5.40. The second kappa shape index (κ2) is 15.0. The van der Waals surface area contributed by atoms with Gasteiger partial charge in [-0.3, -0.25) is 0 Å². The molecular formula is C33H35N3O5. The fourth-order valence-corrected chi connectivity index (χ4v) is 4.08. The van der Waals surface area contributed by atoms with E-state index in [0.717, 1.165) is 22.3 Å². The Morgan fingerprint density at radius 2 is 1.32 bits per heavy atom. The molecule has 0 aromatic heterocycles. The average Bonchev–Trinajstić information content (AvgIpc) is 3.00. The number of nitrogens with one attached hydrogen (secondary N) is 2. The van der Waals surface area contributed by atoms with Crippen molar-refractivity contribution < 1.29 is 23.8 Å². The van der Waals surface area contributed by atoms with Crippen LogP contribution in [-0.4, -0.2) is 24.6 Å². The molecule has 8 nitrogen and oxygen atoms in total. The minimum absolute atomic E-state index is 0.196. The van der Waals surface area contributed by atoms with Gasteiger partial charge in [-0.2, -0.15) is 0 Å². The van der Waals surface area contributed by atoms with Gasteiger partial charge in [-0.05, 0) is 53.4 Å². The minimum atomic E-state index is -0.903. The number of hydrogen-bond donors (Lipinski definition) is 3. The zero-order valence-corrected chi connectivity index (χ0v) is 23.0. The molecule has 4 aromatic carbocycles. The van der Waals surface area contributed by atoms with E-state index in [2.05, 4.69) is 10.6 Å². The lowest BCUT2D eigenvalue weighted by Crippen LogP contribution is -2.47. The van der Waals surface area contributed by atoms with Gasteiger partial charge in [0, 0.05) is 18.7 Å². The first-order valence-corrected chi connectivity index (χ1v) is 13.5. The smallest absolute Gasteiger partial charge is 0.329 e. The monoisotopic (exact) mass is 553 g/mol. The second-order valence-corrected chi connectivity index (χ2v) is 9.41. The third-order valence-corrected chi connectivity index (χ3v) is 6.23. The van der Waals surface area contributed by atoms with Crippen molar-refractivity contribution in [1.82, 2.24) is 10.6 Å². The van der Waals surface area contributed by atoms with E-state index in [1.807, 2.05) is 91.0 Å². The average molecular weight is 554 g/mol. The van der Waals surface area contributed by atoms with Gasteiger partial charge in [-0.1, -0.05) is 78.9 Å². The molecule has 4 N–H and O–H groups in total. The van der Waals surface area contributed by atoms with Gasteiger partial charge >= 0.3 is 12.0 Å². The van der Waals surface area contributed by atoms with Crippen LogP contribution in [0.25, 0.3) is 0 Å². The Balaban J connectivity index is 1.47. The molecule has 8 heteroatoms. The first-order chi connectivity index (χ1) is 20.0. The highest BCUT2D eigenvalue weighted by Gasteiger charge is 2.23. The van der Waals surface area contributed by atoms with Gasteiger partial charge in [0.2, 0.25) is 0 Å². The molecular weight excluding hydrogens is 518 g/mol. The number of carbonyl (C=O) groups excluding carboxylic acids is 2. The second-order valence-electron chi connectivity index (χ2n) is 9.41. The summed E-state index contributed by atoms with van der Waals surface area (Å²) in [6.45, 7) is 2.93. The Kier molecular flexibility index (Phi) is 10.6. The van der Waals surface area contributed by atoms with E-state index in [0.29, 0.717) is 30.4 Å². The summed E-state index contributed by atoms with van der Waals surface area (Å²) in [5.74, 6) is 0.597. The van der Waals surface area contributed by atoms with Gasteiger partial charge in [-0.15, -0.1) is 0 Å². The molecule has 0 fully saturated rings. The Bertz CT molecular complexity index is 1400. The maximum Gasteiger partial charge on any atom is 0.329 e. The van der Waals surface area contributed by atoms with E-state index in [1.54, 1.807) is 19.1 Å². The molecule has 2 amide bonds. The normalized spacial score (nSPS) is 11.2. The van der Waals surface area contributed by atoms with Crippen molar-refractivity contribution in [1.29, 1.82) is 0 Å². The van der Waals surface area contributed by atoms with Crippen molar-refractivity contribution in [2.24, 2.45) is 0 Å². The van der Waals surface area contributed by atoms with Gasteiger partial charge in [-0.25, -0.2) is 9.59 Å². The maximum atomic E-state index is 12.8. The molecule has 41 heavy (non-hydrogen) atoms. The highest BCUT2D eigenvalue weighted by atomic mass is 16.5. The van der Waals surface area contributed by atoms with Crippen LogP contribution < -0.4 is 25.8 Å². The molecule has 0 aliphatic carbocycles. The third kappa shape index (κ3) is 9.32. The molecule has 1 atom stereocenters. The molecule has 4 rings (SSSR count). The Morgan fingerprint density at radius 3 is 1.93 bits per heavy atom. The standard InChI is InChI=1S/C33H35N3O5/c1-2-39-32(37)29(36-33(38)35-21-24-13-16-28(34)17-14-24)19-27-15-18-30(40-22-25-9-5-3-6-10-25)31(20-27)41-23-26-11-7-4-8-12-26/h3-18,20,29H,2,19,21-23,34H2,1H3,(H2,35,36,38)/t29-/m0/s1. The van der Waals surface area contributed by atoms with Crippen LogP contribution in [0.1, 0.15) is 29.2 Å². The summed E-state index contributed by atoms with van der Waals surface area (Å²) in [7, 11) is 0. The van der Waals surface area contributed by atoms with Crippen LogP contribution in [0.2, 0.25) is 0 Å². The lowest BCUT2D eigenvalue weighted by Gasteiger charge is -2.19. The van der Waals surface area contributed by atoms with Crippen LogP contribution in [0.5, 0.6) is 11.5 Å². The highest BCUT2D eigenvalue weighted by Crippen LogP contribution is 2.30. The van der Waals surface area contributed by atoms with Crippen molar-refractivity contribution >= 4 is 17.7 Å². The van der Waals surface area contributed by atoms with Gasteiger partial charge in [0.15, 0.2) is 11.5 Å². The summed E-state index contributed by atoms with van der Waals surface area (Å²) in [4.78, 5) is 25.5. The van der Waals surface area contributed by atoms with Crippen LogP contribution in [0.3, 0.4) is 0 Å². The molecule has 0 spiro atoms. The summed E-state index contributed by atoms with van der Waals surface area (Å²) >= 11 is 0. The van der Waals surface area contributed by atoms with Gasteiger partial charge in [0.25, 0.3) is 0 Å². The number of benzene rings is 4. The largest absolute Gasteiger partial charge is 0.485 e.